The predicted octanol–water partition coefficient (Wildman–Crippen LogP) is 11.1. The molecule has 0 N–H and O–H groups in total. The second kappa shape index (κ2) is 12.6. The standard InChI is InChI=1S/C36H46O2S3/c1-9-11-13-27(31-19-25(3)23-39-31)29-21-35(5,6)17-15-33(29)41(37,38)34-16-18-36(7,8)22-30(34)28(14-12-10-2)32-20-26(4)24-40-32/h9-12,15-20,23-24,27-28H,13-14,21-22H2,1-8H3. The van der Waals surface area contributed by atoms with E-state index in [1.54, 1.807) is 22.7 Å². The molecule has 0 saturated heterocycles. The van der Waals surface area contributed by atoms with Gasteiger partial charge in [0.25, 0.3) is 0 Å². The van der Waals surface area contributed by atoms with E-state index in [0.29, 0.717) is 9.81 Å². The number of aryl methyl sites for hydroxylation is 2. The molecule has 5 heteroatoms. The Morgan fingerprint density at radius 1 is 0.756 bits per heavy atom. The monoisotopic (exact) mass is 606 g/mol. The summed E-state index contributed by atoms with van der Waals surface area (Å²) in [6.45, 7) is 17.1. The quantitative estimate of drug-likeness (QED) is 0.252. The van der Waals surface area contributed by atoms with Crippen LogP contribution in [0.1, 0.15) is 99.9 Å². The molecule has 0 aromatic carbocycles. The van der Waals surface area contributed by atoms with Gasteiger partial charge in [-0.2, -0.15) is 0 Å². The Bertz CT molecular complexity index is 1430. The molecular formula is C36H46O2S3. The molecule has 0 fully saturated rings. The van der Waals surface area contributed by atoms with E-state index in [2.05, 4.69) is 101 Å². The van der Waals surface area contributed by atoms with Gasteiger partial charge in [0.05, 0.1) is 9.81 Å². The Morgan fingerprint density at radius 2 is 1.15 bits per heavy atom. The number of allylic oxidation sites excluding steroid dienone is 10. The highest BCUT2D eigenvalue weighted by Crippen LogP contribution is 2.50. The lowest BCUT2D eigenvalue weighted by atomic mass is 9.76. The fourth-order valence-corrected chi connectivity index (χ4v) is 9.94. The summed E-state index contributed by atoms with van der Waals surface area (Å²) in [5, 5.41) is 4.36. The molecule has 0 radical (unpaired) electrons. The maximum atomic E-state index is 15.0. The van der Waals surface area contributed by atoms with E-state index in [1.165, 1.54) is 20.9 Å². The highest BCUT2D eigenvalue weighted by molar-refractivity contribution is 7.99. The molecule has 0 saturated carbocycles. The Morgan fingerprint density at radius 3 is 1.46 bits per heavy atom. The summed E-state index contributed by atoms with van der Waals surface area (Å²) in [5.74, 6) is 0.0662. The van der Waals surface area contributed by atoms with Crippen molar-refractivity contribution in [2.75, 3.05) is 0 Å². The molecular weight excluding hydrogens is 561 g/mol. The summed E-state index contributed by atoms with van der Waals surface area (Å²) < 4.78 is 29.9. The van der Waals surface area contributed by atoms with E-state index in [1.807, 2.05) is 26.0 Å². The van der Waals surface area contributed by atoms with Gasteiger partial charge in [-0.25, -0.2) is 8.42 Å². The Hall–Kier alpha value is -2.21. The van der Waals surface area contributed by atoms with E-state index < -0.39 is 9.84 Å². The minimum Gasteiger partial charge on any atom is -0.219 e. The second-order valence-corrected chi connectivity index (χ2v) is 16.8. The van der Waals surface area contributed by atoms with Crippen molar-refractivity contribution in [2.45, 2.75) is 92.9 Å². The van der Waals surface area contributed by atoms with Crippen LogP contribution in [0, 0.1) is 24.7 Å². The minimum atomic E-state index is -3.78. The topological polar surface area (TPSA) is 34.1 Å². The van der Waals surface area contributed by atoms with Crippen molar-refractivity contribution in [2.24, 2.45) is 10.8 Å². The zero-order chi connectivity index (χ0) is 30.0. The van der Waals surface area contributed by atoms with Gasteiger partial charge >= 0.3 is 0 Å². The molecule has 41 heavy (non-hydrogen) atoms. The summed E-state index contributed by atoms with van der Waals surface area (Å²) in [4.78, 5) is 3.48. The van der Waals surface area contributed by atoms with Gasteiger partial charge < -0.3 is 0 Å². The molecule has 2 heterocycles. The maximum absolute atomic E-state index is 15.0. The van der Waals surface area contributed by atoms with Gasteiger partial charge in [0.1, 0.15) is 0 Å². The van der Waals surface area contributed by atoms with Gasteiger partial charge in [0, 0.05) is 21.6 Å². The Balaban J connectivity index is 1.97. The molecule has 0 aliphatic heterocycles. The van der Waals surface area contributed by atoms with Gasteiger partial charge in [0.15, 0.2) is 0 Å². The second-order valence-electron chi connectivity index (χ2n) is 13.0. The average Bonchev–Trinajstić information content (AvgIpc) is 3.51. The summed E-state index contributed by atoms with van der Waals surface area (Å²) in [7, 11) is -3.78. The molecule has 220 valence electrons. The van der Waals surface area contributed by atoms with Crippen LogP contribution >= 0.6 is 22.7 Å². The van der Waals surface area contributed by atoms with Crippen molar-refractivity contribution in [3.05, 3.63) is 113 Å². The first kappa shape index (κ1) is 31.7. The van der Waals surface area contributed by atoms with Crippen LogP contribution in [-0.2, 0) is 9.84 Å². The lowest BCUT2D eigenvalue weighted by molar-refractivity contribution is 0.451. The summed E-state index contributed by atoms with van der Waals surface area (Å²) in [6, 6.07) is 4.47. The largest absolute Gasteiger partial charge is 0.219 e. The van der Waals surface area contributed by atoms with Crippen LogP contribution in [0.15, 0.2) is 92.5 Å². The number of rotatable bonds is 10. The highest BCUT2D eigenvalue weighted by Gasteiger charge is 2.39. The first-order chi connectivity index (χ1) is 19.3. The molecule has 0 amide bonds. The highest BCUT2D eigenvalue weighted by atomic mass is 32.2. The Kier molecular flexibility index (Phi) is 9.72. The molecule has 0 spiro atoms. The zero-order valence-electron chi connectivity index (χ0n) is 26.0. The SMILES string of the molecule is CC=CCC(C1=C(S(=O)(=O)C2=C(C(CC=CC)c3cc(C)cs3)CC(C)(C)C=C2)C=CC(C)(C)C1)c1cc(C)cs1. The maximum Gasteiger partial charge on any atom is 0.206 e. The summed E-state index contributed by atoms with van der Waals surface area (Å²) in [6.07, 6.45) is 19.6. The molecule has 2 aliphatic carbocycles. The van der Waals surface area contributed by atoms with Gasteiger partial charge in [-0.1, -0.05) is 64.2 Å². The first-order valence-electron chi connectivity index (χ1n) is 14.7. The third kappa shape index (κ3) is 7.24. The van der Waals surface area contributed by atoms with E-state index in [9.17, 15) is 8.42 Å². The summed E-state index contributed by atoms with van der Waals surface area (Å²) in [5.41, 5.74) is 4.32. The molecule has 0 bridgehead atoms. The van der Waals surface area contributed by atoms with Crippen molar-refractivity contribution in [3.8, 4) is 0 Å². The lowest BCUT2D eigenvalue weighted by Gasteiger charge is -2.35. The molecule has 2 aliphatic rings. The fraction of sp³-hybridized carbons (Fsp3) is 0.444. The Labute approximate surface area is 256 Å². The van der Waals surface area contributed by atoms with Crippen molar-refractivity contribution in [1.29, 1.82) is 0 Å². The van der Waals surface area contributed by atoms with Crippen molar-refractivity contribution >= 4 is 32.5 Å². The van der Waals surface area contributed by atoms with E-state index >= 15 is 0 Å². The van der Waals surface area contributed by atoms with Crippen molar-refractivity contribution in [1.82, 2.24) is 0 Å². The molecule has 2 nitrogen and oxygen atoms in total. The third-order valence-electron chi connectivity index (χ3n) is 8.12. The predicted molar refractivity (Wildman–Crippen MR) is 181 cm³/mol. The van der Waals surface area contributed by atoms with Crippen LogP contribution in [0.5, 0.6) is 0 Å². The lowest BCUT2D eigenvalue weighted by Crippen LogP contribution is -2.24. The normalized spacial score (nSPS) is 20.5. The van der Waals surface area contributed by atoms with E-state index in [-0.39, 0.29) is 22.7 Å². The van der Waals surface area contributed by atoms with Gasteiger partial charge in [-0.15, -0.1) is 22.7 Å². The minimum absolute atomic E-state index is 0.0331. The molecule has 2 aromatic rings. The van der Waals surface area contributed by atoms with Crippen LogP contribution in [0.2, 0.25) is 0 Å². The van der Waals surface area contributed by atoms with Crippen LogP contribution in [-0.4, -0.2) is 8.42 Å². The number of hydrogen-bond donors (Lipinski definition) is 0. The van der Waals surface area contributed by atoms with Crippen LogP contribution in [0.25, 0.3) is 0 Å². The molecule has 2 atom stereocenters. The van der Waals surface area contributed by atoms with Gasteiger partial charge in [0.2, 0.25) is 9.84 Å². The summed E-state index contributed by atoms with van der Waals surface area (Å²) >= 11 is 3.49. The van der Waals surface area contributed by atoms with Crippen molar-refractivity contribution in [3.63, 3.8) is 0 Å². The number of sulfone groups is 1. The average molecular weight is 607 g/mol. The zero-order valence-corrected chi connectivity index (χ0v) is 28.4. The molecule has 2 aromatic heterocycles. The molecule has 2 unspecified atom stereocenters. The van der Waals surface area contributed by atoms with Crippen molar-refractivity contribution < 1.29 is 8.42 Å². The van der Waals surface area contributed by atoms with Crippen LogP contribution in [0.3, 0.4) is 0 Å². The smallest absolute Gasteiger partial charge is 0.206 e. The molecule has 4 rings (SSSR count). The van der Waals surface area contributed by atoms with Crippen LogP contribution < -0.4 is 0 Å². The van der Waals surface area contributed by atoms with E-state index in [0.717, 1.165) is 36.8 Å². The number of thiophene rings is 2. The van der Waals surface area contributed by atoms with E-state index in [4.69, 9.17) is 0 Å². The third-order valence-corrected chi connectivity index (χ3v) is 12.4. The number of hydrogen-bond acceptors (Lipinski definition) is 4. The van der Waals surface area contributed by atoms with Gasteiger partial charge in [-0.05, 0) is 122 Å². The fourth-order valence-electron chi connectivity index (χ4n) is 6.00. The van der Waals surface area contributed by atoms with Crippen LogP contribution in [0.4, 0.5) is 0 Å². The van der Waals surface area contributed by atoms with Gasteiger partial charge in [-0.3, -0.25) is 0 Å². The first-order valence-corrected chi connectivity index (χ1v) is 17.9.